The molecule has 0 spiro atoms. The fraction of sp³-hybridized carbons (Fsp3) is 0.100. The van der Waals surface area contributed by atoms with Crippen molar-refractivity contribution in [3.05, 3.63) is 53.1 Å². The number of rotatable bonds is 2. The highest BCUT2D eigenvalue weighted by Gasteiger charge is 2.15. The van der Waals surface area contributed by atoms with Gasteiger partial charge in [-0.3, -0.25) is 4.98 Å². The van der Waals surface area contributed by atoms with Gasteiger partial charge in [-0.2, -0.15) is 0 Å². The van der Waals surface area contributed by atoms with Crippen LogP contribution in [0.15, 0.2) is 36.8 Å². The molecule has 2 heterocycles. The van der Waals surface area contributed by atoms with Gasteiger partial charge in [-0.1, -0.05) is 17.7 Å². The number of alkyl halides is 1. The SMILES string of the molecule is Cl.Clc1c[nH]cc1C(Cl)c1ccccn1. The van der Waals surface area contributed by atoms with Gasteiger partial charge in [0.25, 0.3) is 0 Å². The zero-order valence-corrected chi connectivity index (χ0v) is 9.98. The van der Waals surface area contributed by atoms with E-state index in [4.69, 9.17) is 23.2 Å². The van der Waals surface area contributed by atoms with E-state index in [0.29, 0.717) is 5.02 Å². The zero-order chi connectivity index (χ0) is 9.97. The number of aromatic nitrogens is 2. The molecule has 0 radical (unpaired) electrons. The van der Waals surface area contributed by atoms with Gasteiger partial charge in [-0.25, -0.2) is 0 Å². The van der Waals surface area contributed by atoms with Crippen LogP contribution < -0.4 is 0 Å². The van der Waals surface area contributed by atoms with Crippen LogP contribution in [-0.2, 0) is 0 Å². The summed E-state index contributed by atoms with van der Waals surface area (Å²) in [6, 6.07) is 5.63. The van der Waals surface area contributed by atoms with Crippen LogP contribution in [0.5, 0.6) is 0 Å². The van der Waals surface area contributed by atoms with E-state index in [2.05, 4.69) is 9.97 Å². The van der Waals surface area contributed by atoms with Crippen molar-refractivity contribution < 1.29 is 0 Å². The van der Waals surface area contributed by atoms with Crippen LogP contribution in [0.2, 0.25) is 5.02 Å². The topological polar surface area (TPSA) is 28.7 Å². The van der Waals surface area contributed by atoms with E-state index in [0.717, 1.165) is 11.3 Å². The van der Waals surface area contributed by atoms with Crippen molar-refractivity contribution in [2.24, 2.45) is 0 Å². The summed E-state index contributed by atoms with van der Waals surface area (Å²) in [5, 5.41) is 0.339. The van der Waals surface area contributed by atoms with Crippen molar-refractivity contribution in [1.29, 1.82) is 0 Å². The first kappa shape index (κ1) is 12.4. The van der Waals surface area contributed by atoms with E-state index in [1.54, 1.807) is 18.6 Å². The highest BCUT2D eigenvalue weighted by atomic mass is 35.5. The molecular formula is C10H9Cl3N2. The third-order valence-electron chi connectivity index (χ3n) is 1.95. The van der Waals surface area contributed by atoms with Crippen LogP contribution in [0.4, 0.5) is 0 Å². The van der Waals surface area contributed by atoms with Gasteiger partial charge in [-0.05, 0) is 12.1 Å². The second kappa shape index (κ2) is 5.40. The summed E-state index contributed by atoms with van der Waals surface area (Å²) < 4.78 is 0. The van der Waals surface area contributed by atoms with Crippen LogP contribution in [0.3, 0.4) is 0 Å². The molecule has 0 bridgehead atoms. The molecule has 15 heavy (non-hydrogen) atoms. The second-order valence-corrected chi connectivity index (χ2v) is 3.72. The Kier molecular flexibility index (Phi) is 4.45. The Hall–Kier alpha value is -0.700. The van der Waals surface area contributed by atoms with E-state index in [-0.39, 0.29) is 17.8 Å². The normalized spacial score (nSPS) is 11.9. The molecule has 0 saturated heterocycles. The molecule has 0 saturated carbocycles. The second-order valence-electron chi connectivity index (χ2n) is 2.88. The lowest BCUT2D eigenvalue weighted by molar-refractivity contribution is 1.04. The van der Waals surface area contributed by atoms with Crippen molar-refractivity contribution in [2.45, 2.75) is 5.38 Å². The maximum absolute atomic E-state index is 6.21. The molecule has 0 aliphatic heterocycles. The number of nitrogens with one attached hydrogen (secondary N) is 1. The van der Waals surface area contributed by atoms with Crippen molar-refractivity contribution >= 4 is 35.6 Å². The van der Waals surface area contributed by atoms with Crippen LogP contribution in [0.25, 0.3) is 0 Å². The number of aromatic amines is 1. The fourth-order valence-electron chi connectivity index (χ4n) is 1.24. The Morgan fingerprint density at radius 3 is 2.60 bits per heavy atom. The van der Waals surface area contributed by atoms with E-state index in [1.807, 2.05) is 18.2 Å². The van der Waals surface area contributed by atoms with E-state index >= 15 is 0 Å². The Balaban J connectivity index is 0.00000112. The molecule has 2 aromatic heterocycles. The molecule has 5 heteroatoms. The quantitative estimate of drug-likeness (QED) is 0.820. The minimum atomic E-state index is -0.296. The third kappa shape index (κ3) is 2.65. The van der Waals surface area contributed by atoms with Crippen molar-refractivity contribution in [3.63, 3.8) is 0 Å². The Labute approximate surface area is 104 Å². The lowest BCUT2D eigenvalue weighted by Gasteiger charge is -2.06. The molecule has 80 valence electrons. The highest BCUT2D eigenvalue weighted by Crippen LogP contribution is 2.31. The van der Waals surface area contributed by atoms with E-state index in [9.17, 15) is 0 Å². The summed E-state index contributed by atoms with van der Waals surface area (Å²) in [6.45, 7) is 0. The molecule has 0 aliphatic carbocycles. The maximum atomic E-state index is 6.21. The van der Waals surface area contributed by atoms with Gasteiger partial charge >= 0.3 is 0 Å². The summed E-state index contributed by atoms with van der Waals surface area (Å²) in [7, 11) is 0. The first-order chi connectivity index (χ1) is 6.79. The van der Waals surface area contributed by atoms with Gasteiger partial charge in [0, 0.05) is 24.2 Å². The summed E-state index contributed by atoms with van der Waals surface area (Å²) in [4.78, 5) is 7.08. The predicted octanol–water partition coefficient (Wildman–Crippen LogP) is 3.81. The Morgan fingerprint density at radius 2 is 2.07 bits per heavy atom. The predicted molar refractivity (Wildman–Crippen MR) is 65.0 cm³/mol. The molecule has 0 amide bonds. The summed E-state index contributed by atoms with van der Waals surface area (Å²) in [5.74, 6) is 0. The van der Waals surface area contributed by atoms with Crippen LogP contribution in [0, 0.1) is 0 Å². The standard InChI is InChI=1S/C10H8Cl2N2.ClH/c11-8-6-13-5-7(8)10(12)9-3-1-2-4-14-9;/h1-6,10,13H;1H. The molecule has 0 aliphatic rings. The van der Waals surface area contributed by atoms with Crippen molar-refractivity contribution in [3.8, 4) is 0 Å². The summed E-state index contributed by atoms with van der Waals surface area (Å²) in [6.07, 6.45) is 5.20. The van der Waals surface area contributed by atoms with Crippen molar-refractivity contribution in [2.75, 3.05) is 0 Å². The van der Waals surface area contributed by atoms with Gasteiger partial charge in [0.2, 0.25) is 0 Å². The van der Waals surface area contributed by atoms with Gasteiger partial charge in [0.1, 0.15) is 5.38 Å². The van der Waals surface area contributed by atoms with E-state index in [1.165, 1.54) is 0 Å². The minimum Gasteiger partial charge on any atom is -0.366 e. The fourth-order valence-corrected chi connectivity index (χ4v) is 1.83. The zero-order valence-electron chi connectivity index (χ0n) is 7.65. The lowest BCUT2D eigenvalue weighted by atomic mass is 10.1. The van der Waals surface area contributed by atoms with Gasteiger partial charge in [0.05, 0.1) is 10.7 Å². The van der Waals surface area contributed by atoms with Gasteiger partial charge < -0.3 is 4.98 Å². The smallest absolute Gasteiger partial charge is 0.103 e. The first-order valence-corrected chi connectivity index (χ1v) is 4.97. The molecule has 0 aromatic carbocycles. The molecule has 2 nitrogen and oxygen atoms in total. The lowest BCUT2D eigenvalue weighted by Crippen LogP contribution is -1.94. The van der Waals surface area contributed by atoms with Crippen LogP contribution >= 0.6 is 35.6 Å². The molecule has 1 N–H and O–H groups in total. The average molecular weight is 264 g/mol. The average Bonchev–Trinajstić information content (AvgIpc) is 2.65. The molecule has 0 fully saturated rings. The molecular weight excluding hydrogens is 254 g/mol. The largest absolute Gasteiger partial charge is 0.366 e. The van der Waals surface area contributed by atoms with E-state index < -0.39 is 0 Å². The molecule has 1 atom stereocenters. The summed E-state index contributed by atoms with van der Waals surface area (Å²) in [5.41, 5.74) is 1.66. The number of H-pyrrole nitrogens is 1. The van der Waals surface area contributed by atoms with Crippen molar-refractivity contribution in [1.82, 2.24) is 9.97 Å². The number of hydrogen-bond donors (Lipinski definition) is 1. The van der Waals surface area contributed by atoms with Gasteiger partial charge in [-0.15, -0.1) is 24.0 Å². The molecule has 1 unspecified atom stereocenters. The Bertz CT molecular complexity index is 414. The number of nitrogens with zero attached hydrogens (tertiary/aromatic N) is 1. The first-order valence-electron chi connectivity index (χ1n) is 4.16. The maximum Gasteiger partial charge on any atom is 0.103 e. The van der Waals surface area contributed by atoms with Crippen LogP contribution in [-0.4, -0.2) is 9.97 Å². The minimum absolute atomic E-state index is 0. The Morgan fingerprint density at radius 1 is 1.27 bits per heavy atom. The van der Waals surface area contributed by atoms with Crippen LogP contribution in [0.1, 0.15) is 16.6 Å². The molecule has 2 aromatic rings. The van der Waals surface area contributed by atoms with Gasteiger partial charge in [0.15, 0.2) is 0 Å². The highest BCUT2D eigenvalue weighted by molar-refractivity contribution is 6.33. The molecule has 2 rings (SSSR count). The number of hydrogen-bond acceptors (Lipinski definition) is 1. The number of halogens is 3. The summed E-state index contributed by atoms with van der Waals surface area (Å²) >= 11 is 12.2. The third-order valence-corrected chi connectivity index (χ3v) is 2.73. The monoisotopic (exact) mass is 262 g/mol. The number of pyridine rings is 1.